The highest BCUT2D eigenvalue weighted by Gasteiger charge is 2.22. The van der Waals surface area contributed by atoms with Crippen LogP contribution >= 0.6 is 11.8 Å². The van der Waals surface area contributed by atoms with Crippen LogP contribution in [0.3, 0.4) is 0 Å². The molecule has 1 aliphatic rings. The molecular formula is C11H19NO3S. The normalized spacial score (nSPS) is 25.1. The fourth-order valence-electron chi connectivity index (χ4n) is 2.01. The zero-order valence-corrected chi connectivity index (χ0v) is 10.4. The molecule has 1 rings (SSSR count). The second-order valence-electron chi connectivity index (χ2n) is 4.32. The minimum Gasteiger partial charge on any atom is -0.481 e. The fraction of sp³-hybridized carbons (Fsp3) is 0.818. The van der Waals surface area contributed by atoms with Crippen molar-refractivity contribution in [1.29, 1.82) is 0 Å². The lowest BCUT2D eigenvalue weighted by atomic mass is 9.86. The van der Waals surface area contributed by atoms with Gasteiger partial charge in [-0.05, 0) is 18.8 Å². The van der Waals surface area contributed by atoms with Gasteiger partial charge in [0.15, 0.2) is 0 Å². The van der Waals surface area contributed by atoms with E-state index in [4.69, 9.17) is 5.11 Å². The van der Waals surface area contributed by atoms with Gasteiger partial charge in [0.2, 0.25) is 5.91 Å². The molecule has 1 aliphatic carbocycles. The lowest BCUT2D eigenvalue weighted by Gasteiger charge is -2.29. The number of rotatable bonds is 5. The van der Waals surface area contributed by atoms with Crippen molar-refractivity contribution in [2.24, 2.45) is 5.92 Å². The topological polar surface area (TPSA) is 66.4 Å². The summed E-state index contributed by atoms with van der Waals surface area (Å²) in [6.45, 7) is 2.16. The van der Waals surface area contributed by atoms with Crippen molar-refractivity contribution in [2.75, 3.05) is 11.5 Å². The summed E-state index contributed by atoms with van der Waals surface area (Å²) in [6, 6.07) is 0.284. The van der Waals surface area contributed by atoms with Gasteiger partial charge in [0.1, 0.15) is 0 Å². The predicted molar refractivity (Wildman–Crippen MR) is 64.5 cm³/mol. The number of amides is 1. The summed E-state index contributed by atoms with van der Waals surface area (Å²) < 4.78 is 0. The van der Waals surface area contributed by atoms with E-state index in [1.54, 1.807) is 0 Å². The predicted octanol–water partition coefficient (Wildman–Crippen LogP) is 1.50. The number of hydrogen-bond acceptors (Lipinski definition) is 3. The molecule has 0 spiro atoms. The van der Waals surface area contributed by atoms with Crippen molar-refractivity contribution in [3.8, 4) is 0 Å². The molecule has 1 saturated carbocycles. The van der Waals surface area contributed by atoms with Crippen LogP contribution in [0, 0.1) is 5.92 Å². The molecule has 0 unspecified atom stereocenters. The zero-order valence-electron chi connectivity index (χ0n) is 9.57. The molecule has 0 aliphatic heterocycles. The lowest BCUT2D eigenvalue weighted by Crippen LogP contribution is -2.41. The summed E-state index contributed by atoms with van der Waals surface area (Å²) >= 11 is 1.15. The van der Waals surface area contributed by atoms with Crippen molar-refractivity contribution in [2.45, 2.75) is 38.6 Å². The molecule has 5 heteroatoms. The quantitative estimate of drug-likeness (QED) is 0.770. The van der Waals surface area contributed by atoms with E-state index in [2.05, 4.69) is 12.2 Å². The summed E-state index contributed by atoms with van der Waals surface area (Å²) in [7, 11) is 0. The molecule has 0 heterocycles. The molecule has 0 bridgehead atoms. The number of hydrogen-bond donors (Lipinski definition) is 2. The van der Waals surface area contributed by atoms with Crippen LogP contribution in [0.4, 0.5) is 0 Å². The Hall–Kier alpha value is -0.710. The first-order valence-corrected chi connectivity index (χ1v) is 6.84. The zero-order chi connectivity index (χ0) is 12.0. The Morgan fingerprint density at radius 3 is 2.62 bits per heavy atom. The van der Waals surface area contributed by atoms with E-state index in [1.807, 2.05) is 0 Å². The van der Waals surface area contributed by atoms with Crippen molar-refractivity contribution >= 4 is 23.6 Å². The Labute approximate surface area is 100 Å². The number of carbonyl (C=O) groups excluding carboxylic acids is 1. The minimum absolute atomic E-state index is 0.00631. The molecule has 0 radical (unpaired) electrons. The maximum atomic E-state index is 11.5. The van der Waals surface area contributed by atoms with Gasteiger partial charge in [-0.3, -0.25) is 9.59 Å². The van der Waals surface area contributed by atoms with Gasteiger partial charge in [-0.15, -0.1) is 11.8 Å². The summed E-state index contributed by atoms with van der Waals surface area (Å²) in [5.41, 5.74) is 0. The Morgan fingerprint density at radius 1 is 1.31 bits per heavy atom. The smallest absolute Gasteiger partial charge is 0.313 e. The van der Waals surface area contributed by atoms with Crippen LogP contribution in [0.5, 0.6) is 0 Å². The fourth-order valence-corrected chi connectivity index (χ4v) is 2.56. The maximum Gasteiger partial charge on any atom is 0.313 e. The third-order valence-corrected chi connectivity index (χ3v) is 3.83. The molecule has 1 fully saturated rings. The number of carbonyl (C=O) groups is 2. The van der Waals surface area contributed by atoms with E-state index in [9.17, 15) is 9.59 Å². The lowest BCUT2D eigenvalue weighted by molar-refractivity contribution is -0.133. The molecule has 1 amide bonds. The summed E-state index contributed by atoms with van der Waals surface area (Å²) in [4.78, 5) is 21.8. The van der Waals surface area contributed by atoms with Crippen LogP contribution in [-0.4, -0.2) is 34.5 Å². The number of aliphatic carboxylic acids is 1. The van der Waals surface area contributed by atoms with Crippen LogP contribution in [0.2, 0.25) is 0 Å². The van der Waals surface area contributed by atoms with E-state index in [0.29, 0.717) is 5.92 Å². The van der Waals surface area contributed by atoms with Crippen molar-refractivity contribution in [3.63, 3.8) is 0 Å². The largest absolute Gasteiger partial charge is 0.481 e. The third-order valence-electron chi connectivity index (χ3n) is 2.92. The van der Waals surface area contributed by atoms with E-state index in [-0.39, 0.29) is 23.5 Å². The second kappa shape index (κ2) is 6.78. The SMILES string of the molecule is C[C@@H]1CCCC[C@H]1NC(=O)CSCC(=O)O. The van der Waals surface area contributed by atoms with E-state index >= 15 is 0 Å². The van der Waals surface area contributed by atoms with E-state index < -0.39 is 5.97 Å². The second-order valence-corrected chi connectivity index (χ2v) is 5.31. The van der Waals surface area contributed by atoms with Gasteiger partial charge in [0.05, 0.1) is 11.5 Å². The maximum absolute atomic E-state index is 11.5. The summed E-state index contributed by atoms with van der Waals surface area (Å²) in [6.07, 6.45) is 4.66. The molecular weight excluding hydrogens is 226 g/mol. The van der Waals surface area contributed by atoms with Crippen LogP contribution in [0.25, 0.3) is 0 Å². The van der Waals surface area contributed by atoms with Gasteiger partial charge < -0.3 is 10.4 Å². The molecule has 0 saturated heterocycles. The Kier molecular flexibility index (Phi) is 5.66. The highest BCUT2D eigenvalue weighted by atomic mass is 32.2. The average Bonchev–Trinajstić information content (AvgIpc) is 2.21. The Balaban J connectivity index is 2.19. The van der Waals surface area contributed by atoms with E-state index in [0.717, 1.165) is 18.2 Å². The van der Waals surface area contributed by atoms with Crippen molar-refractivity contribution in [1.82, 2.24) is 5.32 Å². The van der Waals surface area contributed by atoms with Gasteiger partial charge in [-0.1, -0.05) is 19.8 Å². The first kappa shape index (κ1) is 13.4. The Bertz CT molecular complexity index is 258. The highest BCUT2D eigenvalue weighted by molar-refractivity contribution is 8.00. The summed E-state index contributed by atoms with van der Waals surface area (Å²) in [5, 5.41) is 11.4. The molecule has 16 heavy (non-hydrogen) atoms. The molecule has 2 N–H and O–H groups in total. The monoisotopic (exact) mass is 245 g/mol. The Morgan fingerprint density at radius 2 is 2.00 bits per heavy atom. The van der Waals surface area contributed by atoms with Crippen LogP contribution in [-0.2, 0) is 9.59 Å². The highest BCUT2D eigenvalue weighted by Crippen LogP contribution is 2.23. The molecule has 92 valence electrons. The average molecular weight is 245 g/mol. The third kappa shape index (κ3) is 4.88. The number of carboxylic acids is 1. The van der Waals surface area contributed by atoms with Gasteiger partial charge in [0, 0.05) is 6.04 Å². The van der Waals surface area contributed by atoms with Gasteiger partial charge in [-0.2, -0.15) is 0 Å². The van der Waals surface area contributed by atoms with Gasteiger partial charge >= 0.3 is 5.97 Å². The standard InChI is InChI=1S/C11H19NO3S/c1-8-4-2-3-5-9(8)12-10(13)6-16-7-11(14)15/h8-9H,2-7H2,1H3,(H,12,13)(H,14,15)/t8-,9-/m1/s1. The van der Waals surface area contributed by atoms with Crippen LogP contribution in [0.1, 0.15) is 32.6 Å². The van der Waals surface area contributed by atoms with Gasteiger partial charge in [0.25, 0.3) is 0 Å². The van der Waals surface area contributed by atoms with E-state index in [1.165, 1.54) is 19.3 Å². The van der Waals surface area contributed by atoms with Crippen molar-refractivity contribution < 1.29 is 14.7 Å². The van der Waals surface area contributed by atoms with Crippen molar-refractivity contribution in [3.05, 3.63) is 0 Å². The van der Waals surface area contributed by atoms with Gasteiger partial charge in [-0.25, -0.2) is 0 Å². The minimum atomic E-state index is -0.871. The summed E-state index contributed by atoms with van der Waals surface area (Å²) in [5.74, 6) is -0.126. The first-order valence-electron chi connectivity index (χ1n) is 5.68. The van der Waals surface area contributed by atoms with Crippen LogP contribution in [0.15, 0.2) is 0 Å². The molecule has 4 nitrogen and oxygen atoms in total. The molecule has 0 aromatic heterocycles. The number of carboxylic acid groups (broad SMARTS) is 1. The molecule has 2 atom stereocenters. The number of thioether (sulfide) groups is 1. The first-order chi connectivity index (χ1) is 7.59. The molecule has 0 aromatic carbocycles. The van der Waals surface area contributed by atoms with Crippen LogP contribution < -0.4 is 5.32 Å². The molecule has 0 aromatic rings. The number of nitrogens with one attached hydrogen (secondary N) is 1.